The van der Waals surface area contributed by atoms with Crippen LogP contribution in [0.15, 0.2) is 48.8 Å². The molecule has 0 bridgehead atoms. The predicted octanol–water partition coefficient (Wildman–Crippen LogP) is 3.23. The second-order valence-electron chi connectivity index (χ2n) is 9.10. The first kappa shape index (κ1) is 23.9. The van der Waals surface area contributed by atoms with Crippen molar-refractivity contribution in [3.63, 3.8) is 0 Å². The molecule has 0 saturated carbocycles. The lowest BCUT2D eigenvalue weighted by atomic mass is 9.94. The summed E-state index contributed by atoms with van der Waals surface area (Å²) in [5, 5.41) is 4.57. The Balaban J connectivity index is 0.00000274. The summed E-state index contributed by atoms with van der Waals surface area (Å²) in [5.74, 6) is 1.70. The van der Waals surface area contributed by atoms with Crippen molar-refractivity contribution in [2.24, 2.45) is 0 Å². The van der Waals surface area contributed by atoms with E-state index in [9.17, 15) is 0 Å². The number of hydrogen-bond acceptors (Lipinski definition) is 7. The molecule has 8 nitrogen and oxygen atoms in total. The zero-order valence-corrected chi connectivity index (χ0v) is 20.9. The molecule has 5 rings (SSSR count). The molecule has 2 aliphatic rings. The van der Waals surface area contributed by atoms with E-state index in [0.29, 0.717) is 11.9 Å². The zero-order valence-electron chi connectivity index (χ0n) is 20.1. The number of nitrogens with two attached hydrogens (primary N) is 1. The van der Waals surface area contributed by atoms with E-state index >= 15 is 0 Å². The Hall–Kier alpha value is -3.26. The smallest absolute Gasteiger partial charge is 0.224 e. The number of piperazine rings is 1. The van der Waals surface area contributed by atoms with Gasteiger partial charge in [0.1, 0.15) is 5.82 Å². The molecule has 0 radical (unpaired) electrons. The Bertz CT molecular complexity index is 1170. The number of benzene rings is 1. The standard InChI is InChI=1S/C25H32N8.ClH/c1-18-20(16-27-33(18)24-15-23(30(2)3)28-25(26)29-24)8-6-12-31-13-14-32-21(17-31)11-10-19-7-4-5-9-22(19)32;/h4-7,9,12,15-16,21H,8,10-11,13-14,17H2,1-3H3,(H2,26,28,29);1H. The summed E-state index contributed by atoms with van der Waals surface area (Å²) in [4.78, 5) is 15.6. The molecule has 1 unspecified atom stereocenters. The van der Waals surface area contributed by atoms with Crippen molar-refractivity contribution in [3.8, 4) is 5.82 Å². The van der Waals surface area contributed by atoms with Crippen molar-refractivity contribution in [2.75, 3.05) is 49.3 Å². The molecule has 180 valence electrons. The van der Waals surface area contributed by atoms with Crippen LogP contribution >= 0.6 is 12.4 Å². The quantitative estimate of drug-likeness (QED) is 0.600. The number of aromatic nitrogens is 4. The number of para-hydroxylation sites is 1. The SMILES string of the molecule is Cc1c(CC=CN2CCN3c4ccccc4CCC3C2)cnn1-c1cc(N(C)C)nc(N)n1.Cl. The van der Waals surface area contributed by atoms with Crippen molar-refractivity contribution < 1.29 is 0 Å². The highest BCUT2D eigenvalue weighted by Crippen LogP contribution is 2.32. The fourth-order valence-corrected chi connectivity index (χ4v) is 4.88. The van der Waals surface area contributed by atoms with Crippen LogP contribution in [-0.2, 0) is 12.8 Å². The highest BCUT2D eigenvalue weighted by Gasteiger charge is 2.30. The molecular formula is C25H33ClN8. The van der Waals surface area contributed by atoms with Crippen LogP contribution in [0.5, 0.6) is 0 Å². The molecule has 1 fully saturated rings. The monoisotopic (exact) mass is 480 g/mol. The van der Waals surface area contributed by atoms with Gasteiger partial charge in [-0.15, -0.1) is 12.4 Å². The maximum Gasteiger partial charge on any atom is 0.224 e. The summed E-state index contributed by atoms with van der Waals surface area (Å²) in [6.45, 7) is 5.28. The van der Waals surface area contributed by atoms with Crippen LogP contribution < -0.4 is 15.5 Å². The van der Waals surface area contributed by atoms with Gasteiger partial charge in [-0.3, -0.25) is 0 Å². The molecule has 9 heteroatoms. The molecule has 0 aliphatic carbocycles. The molecule has 0 spiro atoms. The Morgan fingerprint density at radius 1 is 1.18 bits per heavy atom. The van der Waals surface area contributed by atoms with E-state index in [1.807, 2.05) is 35.9 Å². The van der Waals surface area contributed by atoms with Gasteiger partial charge in [0.15, 0.2) is 5.82 Å². The molecule has 1 saturated heterocycles. The number of anilines is 3. The summed E-state index contributed by atoms with van der Waals surface area (Å²) < 4.78 is 1.84. The molecule has 2 aromatic heterocycles. The topological polar surface area (TPSA) is 79.3 Å². The number of rotatable bonds is 5. The fraction of sp³-hybridized carbons (Fsp3) is 0.400. The zero-order chi connectivity index (χ0) is 22.9. The maximum atomic E-state index is 5.92. The van der Waals surface area contributed by atoms with Crippen molar-refractivity contribution in [2.45, 2.75) is 32.2 Å². The molecule has 0 amide bonds. The van der Waals surface area contributed by atoms with Crippen molar-refractivity contribution in [1.82, 2.24) is 24.6 Å². The first-order chi connectivity index (χ1) is 16.0. The third-order valence-corrected chi connectivity index (χ3v) is 6.72. The number of allylic oxidation sites excluding steroid dienone is 1. The van der Waals surface area contributed by atoms with Gasteiger partial charge in [-0.25, -0.2) is 4.68 Å². The van der Waals surface area contributed by atoms with E-state index in [1.54, 1.807) is 0 Å². The first-order valence-corrected chi connectivity index (χ1v) is 11.6. The summed E-state index contributed by atoms with van der Waals surface area (Å²) in [6.07, 6.45) is 9.67. The normalized spacial score (nSPS) is 17.3. The molecule has 34 heavy (non-hydrogen) atoms. The van der Waals surface area contributed by atoms with E-state index < -0.39 is 0 Å². The van der Waals surface area contributed by atoms with Gasteiger partial charge in [0.25, 0.3) is 0 Å². The third-order valence-electron chi connectivity index (χ3n) is 6.72. The minimum Gasteiger partial charge on any atom is -0.374 e. The fourth-order valence-electron chi connectivity index (χ4n) is 4.88. The van der Waals surface area contributed by atoms with E-state index in [0.717, 1.165) is 37.6 Å². The number of aryl methyl sites for hydroxylation is 1. The maximum absolute atomic E-state index is 5.92. The van der Waals surface area contributed by atoms with E-state index in [4.69, 9.17) is 5.73 Å². The Morgan fingerprint density at radius 2 is 2.00 bits per heavy atom. The summed E-state index contributed by atoms with van der Waals surface area (Å²) in [5.41, 5.74) is 11.1. The lowest BCUT2D eigenvalue weighted by Crippen LogP contribution is -2.53. The van der Waals surface area contributed by atoms with Gasteiger partial charge in [-0.2, -0.15) is 15.1 Å². The highest BCUT2D eigenvalue weighted by molar-refractivity contribution is 5.85. The van der Waals surface area contributed by atoms with Crippen LogP contribution in [0.25, 0.3) is 5.82 Å². The van der Waals surface area contributed by atoms with Crippen LogP contribution in [0.3, 0.4) is 0 Å². The first-order valence-electron chi connectivity index (χ1n) is 11.6. The number of fused-ring (bicyclic) bond motifs is 3. The largest absolute Gasteiger partial charge is 0.374 e. The average Bonchev–Trinajstić information content (AvgIpc) is 3.18. The third kappa shape index (κ3) is 4.68. The van der Waals surface area contributed by atoms with Crippen LogP contribution in [0.4, 0.5) is 17.5 Å². The number of nitrogens with zero attached hydrogens (tertiary/aromatic N) is 7. The van der Waals surface area contributed by atoms with Gasteiger partial charge in [0.05, 0.1) is 6.20 Å². The van der Waals surface area contributed by atoms with Crippen molar-refractivity contribution in [3.05, 3.63) is 65.6 Å². The molecule has 2 aliphatic heterocycles. The van der Waals surface area contributed by atoms with Gasteiger partial charge >= 0.3 is 0 Å². The van der Waals surface area contributed by atoms with Crippen molar-refractivity contribution in [1.29, 1.82) is 0 Å². The van der Waals surface area contributed by atoms with E-state index in [1.165, 1.54) is 29.7 Å². The van der Waals surface area contributed by atoms with Gasteiger partial charge in [-0.1, -0.05) is 24.3 Å². The predicted molar refractivity (Wildman–Crippen MR) is 140 cm³/mol. The molecule has 4 heterocycles. The molecule has 1 atom stereocenters. The number of nitrogen functional groups attached to an aromatic ring is 1. The minimum absolute atomic E-state index is 0. The van der Waals surface area contributed by atoms with E-state index in [2.05, 4.69) is 68.3 Å². The van der Waals surface area contributed by atoms with Crippen molar-refractivity contribution >= 4 is 29.9 Å². The second-order valence-corrected chi connectivity index (χ2v) is 9.10. The van der Waals surface area contributed by atoms with Crippen LogP contribution in [0.1, 0.15) is 23.2 Å². The Morgan fingerprint density at radius 3 is 2.82 bits per heavy atom. The number of halogens is 1. The molecule has 2 N–H and O–H groups in total. The highest BCUT2D eigenvalue weighted by atomic mass is 35.5. The van der Waals surface area contributed by atoms with Crippen LogP contribution in [0.2, 0.25) is 0 Å². The Kier molecular flexibility index (Phi) is 6.97. The lowest BCUT2D eigenvalue weighted by molar-refractivity contribution is 0.283. The Labute approximate surface area is 207 Å². The van der Waals surface area contributed by atoms with Gasteiger partial charge in [0, 0.05) is 57.2 Å². The van der Waals surface area contributed by atoms with Gasteiger partial charge < -0.3 is 20.4 Å². The van der Waals surface area contributed by atoms with Gasteiger partial charge in [0.2, 0.25) is 5.95 Å². The van der Waals surface area contributed by atoms with Crippen LogP contribution in [0, 0.1) is 6.92 Å². The lowest BCUT2D eigenvalue weighted by Gasteiger charge is -2.46. The number of hydrogen-bond donors (Lipinski definition) is 1. The summed E-state index contributed by atoms with van der Waals surface area (Å²) in [7, 11) is 3.87. The molecule has 1 aromatic carbocycles. The van der Waals surface area contributed by atoms with Gasteiger partial charge in [-0.05, 0) is 49.6 Å². The molecule has 3 aromatic rings. The summed E-state index contributed by atoms with van der Waals surface area (Å²) in [6, 6.07) is 11.4. The average molecular weight is 481 g/mol. The second kappa shape index (κ2) is 9.93. The van der Waals surface area contributed by atoms with Crippen LogP contribution in [-0.4, -0.2) is 64.4 Å². The molecular weight excluding hydrogens is 448 g/mol. The minimum atomic E-state index is 0. The van der Waals surface area contributed by atoms with E-state index in [-0.39, 0.29) is 18.4 Å². The summed E-state index contributed by atoms with van der Waals surface area (Å²) >= 11 is 0.